The highest BCUT2D eigenvalue weighted by atomic mass is 32.2. The predicted molar refractivity (Wildman–Crippen MR) is 101 cm³/mol. The van der Waals surface area contributed by atoms with Crippen LogP contribution in [0.25, 0.3) is 15.5 Å². The van der Waals surface area contributed by atoms with Crippen LogP contribution in [0.4, 0.5) is 0 Å². The molecule has 0 amide bonds. The highest BCUT2D eigenvalue weighted by molar-refractivity contribution is 7.98. The minimum atomic E-state index is 0.625. The Morgan fingerprint density at radius 2 is 1.84 bits per heavy atom. The third-order valence-corrected chi connectivity index (χ3v) is 5.52. The molecule has 2 heterocycles. The molecule has 0 saturated carbocycles. The zero-order valence-corrected chi connectivity index (χ0v) is 15.3. The zero-order valence-electron chi connectivity index (χ0n) is 13.6. The molecule has 4 rings (SSSR count). The molecule has 0 unspecified atom stereocenters. The van der Waals surface area contributed by atoms with Crippen LogP contribution in [0.1, 0.15) is 12.7 Å². The Labute approximate surface area is 153 Å². The van der Waals surface area contributed by atoms with Crippen LogP contribution in [0, 0.1) is 0 Å². The summed E-state index contributed by atoms with van der Waals surface area (Å²) < 4.78 is 7.55. The number of para-hydroxylation sites is 1. The molecule has 0 N–H and O–H groups in total. The van der Waals surface area contributed by atoms with E-state index in [1.165, 1.54) is 16.2 Å². The summed E-state index contributed by atoms with van der Waals surface area (Å²) in [4.78, 5) is 2.00. The number of aromatic nitrogens is 4. The Balaban J connectivity index is 1.62. The normalized spacial score (nSPS) is 11.1. The van der Waals surface area contributed by atoms with Gasteiger partial charge < -0.3 is 4.74 Å². The van der Waals surface area contributed by atoms with Crippen molar-refractivity contribution in [2.45, 2.75) is 17.6 Å². The molecule has 25 heavy (non-hydrogen) atoms. The van der Waals surface area contributed by atoms with E-state index in [4.69, 9.17) is 9.84 Å². The number of nitrogens with zero attached hydrogens (tertiary/aromatic N) is 4. The van der Waals surface area contributed by atoms with Gasteiger partial charge in [-0.3, -0.25) is 0 Å². The molecule has 0 aliphatic heterocycles. The first-order valence-corrected chi connectivity index (χ1v) is 9.76. The van der Waals surface area contributed by atoms with Gasteiger partial charge >= 0.3 is 0 Å². The standard InChI is InChI=1S/C18H16N4OS2/c1-2-23-15-11-7-6-10-14(15)17-21-22-16(19-20-18(22)25-17)12-24-13-8-4-3-5-9-13/h3-11H,2,12H2,1H3. The maximum absolute atomic E-state index is 5.72. The van der Waals surface area contributed by atoms with Crippen molar-refractivity contribution in [1.82, 2.24) is 19.8 Å². The zero-order chi connectivity index (χ0) is 17.1. The van der Waals surface area contributed by atoms with Crippen molar-refractivity contribution in [3.8, 4) is 16.3 Å². The number of hydrogen-bond donors (Lipinski definition) is 0. The smallest absolute Gasteiger partial charge is 0.235 e. The van der Waals surface area contributed by atoms with Crippen LogP contribution < -0.4 is 4.74 Å². The van der Waals surface area contributed by atoms with Gasteiger partial charge in [-0.1, -0.05) is 41.7 Å². The second-order valence-corrected chi connectivity index (χ2v) is 7.25. The van der Waals surface area contributed by atoms with Gasteiger partial charge in [0.15, 0.2) is 10.8 Å². The quantitative estimate of drug-likeness (QED) is 0.468. The summed E-state index contributed by atoms with van der Waals surface area (Å²) in [6, 6.07) is 18.2. The molecule has 0 aliphatic carbocycles. The summed E-state index contributed by atoms with van der Waals surface area (Å²) in [6.07, 6.45) is 0. The predicted octanol–water partition coefficient (Wildman–Crippen LogP) is 4.54. The molecule has 0 bridgehead atoms. The lowest BCUT2D eigenvalue weighted by Gasteiger charge is -2.06. The van der Waals surface area contributed by atoms with Gasteiger partial charge in [0.1, 0.15) is 5.75 Å². The Morgan fingerprint density at radius 1 is 1.04 bits per heavy atom. The molecule has 126 valence electrons. The van der Waals surface area contributed by atoms with Crippen LogP contribution in [0.3, 0.4) is 0 Å². The SMILES string of the molecule is CCOc1ccccc1-c1nn2c(CSc3ccccc3)nnc2s1. The molecule has 7 heteroatoms. The number of thioether (sulfide) groups is 1. The second kappa shape index (κ2) is 7.25. The van der Waals surface area contributed by atoms with Crippen LogP contribution in [-0.4, -0.2) is 26.4 Å². The summed E-state index contributed by atoms with van der Waals surface area (Å²) in [6.45, 7) is 2.61. The summed E-state index contributed by atoms with van der Waals surface area (Å²) in [7, 11) is 0. The van der Waals surface area contributed by atoms with Crippen molar-refractivity contribution in [3.05, 3.63) is 60.4 Å². The van der Waals surface area contributed by atoms with Gasteiger partial charge in [0.05, 0.1) is 17.9 Å². The topological polar surface area (TPSA) is 52.3 Å². The Bertz CT molecular complexity index is 981. The van der Waals surface area contributed by atoms with Gasteiger partial charge in [0, 0.05) is 4.90 Å². The van der Waals surface area contributed by atoms with Gasteiger partial charge in [0.2, 0.25) is 4.96 Å². The minimum Gasteiger partial charge on any atom is -0.493 e. The third kappa shape index (κ3) is 3.38. The van der Waals surface area contributed by atoms with E-state index >= 15 is 0 Å². The van der Waals surface area contributed by atoms with Crippen molar-refractivity contribution in [2.24, 2.45) is 0 Å². The van der Waals surface area contributed by atoms with E-state index in [-0.39, 0.29) is 0 Å². The molecule has 0 saturated heterocycles. The highest BCUT2D eigenvalue weighted by Crippen LogP contribution is 2.33. The van der Waals surface area contributed by atoms with Crippen LogP contribution in [-0.2, 0) is 5.75 Å². The van der Waals surface area contributed by atoms with Crippen LogP contribution >= 0.6 is 23.1 Å². The Hall–Kier alpha value is -2.38. The lowest BCUT2D eigenvalue weighted by atomic mass is 10.2. The molecule has 0 spiro atoms. The average molecular weight is 368 g/mol. The molecule has 4 aromatic rings. The Kier molecular flexibility index (Phi) is 4.67. The molecular weight excluding hydrogens is 352 g/mol. The molecule has 0 aliphatic rings. The monoisotopic (exact) mass is 368 g/mol. The van der Waals surface area contributed by atoms with Gasteiger partial charge in [-0.05, 0) is 31.2 Å². The first-order valence-electron chi connectivity index (χ1n) is 7.96. The molecule has 0 atom stereocenters. The van der Waals surface area contributed by atoms with Gasteiger partial charge in [0.25, 0.3) is 0 Å². The molecule has 0 fully saturated rings. The molecule has 2 aromatic carbocycles. The van der Waals surface area contributed by atoms with Crippen molar-refractivity contribution < 1.29 is 4.74 Å². The molecular formula is C18H16N4OS2. The van der Waals surface area contributed by atoms with E-state index in [1.807, 2.05) is 53.9 Å². The summed E-state index contributed by atoms with van der Waals surface area (Å²) in [5, 5.41) is 14.1. The maximum Gasteiger partial charge on any atom is 0.235 e. The van der Waals surface area contributed by atoms with Crippen LogP contribution in [0.5, 0.6) is 5.75 Å². The van der Waals surface area contributed by atoms with Crippen molar-refractivity contribution in [1.29, 1.82) is 0 Å². The van der Waals surface area contributed by atoms with E-state index in [0.29, 0.717) is 6.61 Å². The molecule has 2 aromatic heterocycles. The van der Waals surface area contributed by atoms with E-state index < -0.39 is 0 Å². The first-order chi connectivity index (χ1) is 12.3. The van der Waals surface area contributed by atoms with Gasteiger partial charge in [-0.2, -0.15) is 9.61 Å². The van der Waals surface area contributed by atoms with Gasteiger partial charge in [-0.15, -0.1) is 22.0 Å². The lowest BCUT2D eigenvalue weighted by Crippen LogP contribution is -1.96. The number of fused-ring (bicyclic) bond motifs is 1. The highest BCUT2D eigenvalue weighted by Gasteiger charge is 2.15. The van der Waals surface area contributed by atoms with Crippen LogP contribution in [0.2, 0.25) is 0 Å². The average Bonchev–Trinajstić information content (AvgIpc) is 3.23. The number of ether oxygens (including phenoxy) is 1. The number of benzene rings is 2. The third-order valence-electron chi connectivity index (χ3n) is 3.58. The fourth-order valence-electron chi connectivity index (χ4n) is 2.45. The van der Waals surface area contributed by atoms with E-state index in [9.17, 15) is 0 Å². The van der Waals surface area contributed by atoms with Crippen molar-refractivity contribution >= 4 is 28.1 Å². The van der Waals surface area contributed by atoms with Gasteiger partial charge in [-0.25, -0.2) is 0 Å². The summed E-state index contributed by atoms with van der Waals surface area (Å²) in [5.41, 5.74) is 0.988. The molecule has 0 radical (unpaired) electrons. The second-order valence-electron chi connectivity index (χ2n) is 5.25. The Morgan fingerprint density at radius 3 is 2.68 bits per heavy atom. The van der Waals surface area contributed by atoms with Crippen LogP contribution in [0.15, 0.2) is 59.5 Å². The summed E-state index contributed by atoms with van der Waals surface area (Å²) >= 11 is 3.25. The van der Waals surface area contributed by atoms with E-state index in [1.54, 1.807) is 11.8 Å². The minimum absolute atomic E-state index is 0.625. The van der Waals surface area contributed by atoms with Crippen molar-refractivity contribution in [3.63, 3.8) is 0 Å². The van der Waals surface area contributed by atoms with E-state index in [2.05, 4.69) is 22.3 Å². The maximum atomic E-state index is 5.72. The molecule has 5 nitrogen and oxygen atoms in total. The van der Waals surface area contributed by atoms with Crippen molar-refractivity contribution in [2.75, 3.05) is 6.61 Å². The summed E-state index contributed by atoms with van der Waals surface area (Å²) in [5.74, 6) is 2.41. The lowest BCUT2D eigenvalue weighted by molar-refractivity contribution is 0.341. The first kappa shape index (κ1) is 16.1. The number of hydrogen-bond acceptors (Lipinski definition) is 6. The fraction of sp³-hybridized carbons (Fsp3) is 0.167. The number of rotatable bonds is 6. The fourth-order valence-corrected chi connectivity index (χ4v) is 4.16. The largest absolute Gasteiger partial charge is 0.493 e. The van der Waals surface area contributed by atoms with E-state index in [0.717, 1.165) is 32.9 Å².